The Kier molecular flexibility index (Phi) is 6.53. The summed E-state index contributed by atoms with van der Waals surface area (Å²) in [6.07, 6.45) is 4.28. The van der Waals surface area contributed by atoms with Crippen LogP contribution in [0, 0.1) is 5.92 Å². The topological polar surface area (TPSA) is 85.5 Å². The Morgan fingerprint density at radius 1 is 1.09 bits per heavy atom. The second-order valence-electron chi connectivity index (χ2n) is 8.55. The zero-order chi connectivity index (χ0) is 22.7. The van der Waals surface area contributed by atoms with E-state index in [9.17, 15) is 13.2 Å². The number of hydrogen-bond acceptors (Lipinski definition) is 4. The van der Waals surface area contributed by atoms with Crippen molar-refractivity contribution in [3.8, 4) is 0 Å². The first-order chi connectivity index (χ1) is 15.3. The van der Waals surface area contributed by atoms with E-state index in [1.807, 2.05) is 42.6 Å². The zero-order valence-corrected chi connectivity index (χ0v) is 19.4. The molecule has 2 N–H and O–H groups in total. The van der Waals surface area contributed by atoms with Crippen LogP contribution in [0.4, 0.5) is 5.69 Å². The van der Waals surface area contributed by atoms with Crippen LogP contribution >= 0.6 is 0 Å². The Bertz CT molecular complexity index is 1180. The molecule has 1 amide bonds. The molecule has 32 heavy (non-hydrogen) atoms. The van der Waals surface area contributed by atoms with Gasteiger partial charge in [0.1, 0.15) is 0 Å². The Hall–Kier alpha value is -2.84. The summed E-state index contributed by atoms with van der Waals surface area (Å²) in [6, 6.07) is 15.1. The summed E-state index contributed by atoms with van der Waals surface area (Å²) < 4.78 is 25.7. The van der Waals surface area contributed by atoms with Gasteiger partial charge in [0.05, 0.1) is 11.3 Å². The Morgan fingerprint density at radius 3 is 2.47 bits per heavy atom. The Labute approximate surface area is 189 Å². The second kappa shape index (κ2) is 9.34. The van der Waals surface area contributed by atoms with Gasteiger partial charge >= 0.3 is 0 Å². The van der Waals surface area contributed by atoms with Crippen molar-refractivity contribution in [1.82, 2.24) is 14.6 Å². The third-order valence-corrected chi connectivity index (χ3v) is 8.04. The number of H-pyrrole nitrogens is 1. The quantitative estimate of drug-likeness (QED) is 0.575. The van der Waals surface area contributed by atoms with Crippen molar-refractivity contribution in [1.29, 1.82) is 0 Å². The van der Waals surface area contributed by atoms with E-state index in [1.165, 1.54) is 18.4 Å². The molecule has 1 aliphatic rings. The van der Waals surface area contributed by atoms with Crippen LogP contribution in [0.2, 0.25) is 0 Å². The van der Waals surface area contributed by atoms with Crippen molar-refractivity contribution in [3.05, 3.63) is 60.3 Å². The lowest BCUT2D eigenvalue weighted by molar-refractivity contribution is -0.120. The van der Waals surface area contributed by atoms with Crippen molar-refractivity contribution in [3.63, 3.8) is 0 Å². The van der Waals surface area contributed by atoms with E-state index in [2.05, 4.69) is 15.2 Å². The number of benzene rings is 2. The summed E-state index contributed by atoms with van der Waals surface area (Å²) in [6.45, 7) is 2.47. The number of piperidine rings is 1. The van der Waals surface area contributed by atoms with Gasteiger partial charge in [-0.1, -0.05) is 18.2 Å². The van der Waals surface area contributed by atoms with Crippen molar-refractivity contribution in [2.75, 3.05) is 38.6 Å². The number of carbonyl (C=O) groups is 1. The van der Waals surface area contributed by atoms with Gasteiger partial charge in [0.25, 0.3) is 0 Å². The van der Waals surface area contributed by atoms with Crippen molar-refractivity contribution in [2.45, 2.75) is 24.2 Å². The molecule has 0 radical (unpaired) electrons. The summed E-state index contributed by atoms with van der Waals surface area (Å²) >= 11 is 0. The molecular weight excluding hydrogens is 424 g/mol. The maximum Gasteiger partial charge on any atom is 0.242 e. The third kappa shape index (κ3) is 4.81. The minimum atomic E-state index is -3.41. The third-order valence-electron chi connectivity index (χ3n) is 6.21. The van der Waals surface area contributed by atoms with Gasteiger partial charge in [-0.2, -0.15) is 0 Å². The number of nitrogens with zero attached hydrogens (tertiary/aromatic N) is 2. The molecule has 0 unspecified atom stereocenters. The number of amides is 1. The molecular formula is C24H30N4O3S. The van der Waals surface area contributed by atoms with Crippen molar-refractivity contribution in [2.24, 2.45) is 5.92 Å². The smallest absolute Gasteiger partial charge is 0.242 e. The number of aromatic amines is 1. The molecule has 0 bridgehead atoms. The molecule has 1 aliphatic heterocycles. The van der Waals surface area contributed by atoms with E-state index < -0.39 is 10.0 Å². The Morgan fingerprint density at radius 2 is 1.78 bits per heavy atom. The fraction of sp³-hybridized carbons (Fsp3) is 0.375. The van der Waals surface area contributed by atoms with Crippen LogP contribution in [-0.2, 0) is 21.2 Å². The highest BCUT2D eigenvalue weighted by atomic mass is 32.2. The lowest BCUT2D eigenvalue weighted by atomic mass is 9.96. The largest absolute Gasteiger partial charge is 0.372 e. The number of para-hydroxylation sites is 1. The van der Waals surface area contributed by atoms with Crippen molar-refractivity contribution >= 4 is 32.5 Å². The molecule has 3 aromatic rings. The number of hydrogen-bond donors (Lipinski definition) is 2. The first kappa shape index (κ1) is 22.4. The number of rotatable bonds is 7. The highest BCUT2D eigenvalue weighted by Gasteiger charge is 2.22. The maximum atomic E-state index is 12.5. The highest BCUT2D eigenvalue weighted by molar-refractivity contribution is 7.89. The van der Waals surface area contributed by atoms with Crippen LogP contribution in [-0.4, -0.2) is 57.3 Å². The molecule has 4 rings (SSSR count). The van der Waals surface area contributed by atoms with Gasteiger partial charge in [-0.15, -0.1) is 0 Å². The first-order valence-corrected chi connectivity index (χ1v) is 12.4. The highest BCUT2D eigenvalue weighted by Crippen LogP contribution is 2.25. The molecule has 0 saturated carbocycles. The number of anilines is 1. The predicted octanol–water partition coefficient (Wildman–Crippen LogP) is 2.99. The fourth-order valence-electron chi connectivity index (χ4n) is 4.21. The normalized spacial score (nSPS) is 15.4. The molecule has 170 valence electrons. The van der Waals surface area contributed by atoms with Crippen LogP contribution < -0.4 is 10.2 Å². The molecule has 0 atom stereocenters. The van der Waals surface area contributed by atoms with E-state index in [0.29, 0.717) is 23.8 Å². The zero-order valence-electron chi connectivity index (χ0n) is 18.5. The van der Waals surface area contributed by atoms with E-state index in [0.717, 1.165) is 48.1 Å². The van der Waals surface area contributed by atoms with E-state index in [1.54, 1.807) is 12.1 Å². The SMILES string of the molecule is CN(C)S(=O)(=O)c1ccc(N2CCC(CNC(=O)Cc3c[nH]c4ccccc34)CC2)cc1. The van der Waals surface area contributed by atoms with Gasteiger partial charge in [0, 0.05) is 56.5 Å². The number of fused-ring (bicyclic) bond motifs is 1. The van der Waals surface area contributed by atoms with E-state index >= 15 is 0 Å². The lowest BCUT2D eigenvalue weighted by Gasteiger charge is -2.33. The van der Waals surface area contributed by atoms with Crippen LogP contribution in [0.5, 0.6) is 0 Å². The van der Waals surface area contributed by atoms with E-state index in [-0.39, 0.29) is 5.91 Å². The number of aromatic nitrogens is 1. The summed E-state index contributed by atoms with van der Waals surface area (Å²) in [5.41, 5.74) is 3.10. The molecule has 7 nitrogen and oxygen atoms in total. The summed E-state index contributed by atoms with van der Waals surface area (Å²) in [4.78, 5) is 18.2. The summed E-state index contributed by atoms with van der Waals surface area (Å²) in [5, 5.41) is 4.20. The molecule has 0 aliphatic carbocycles. The fourth-order valence-corrected chi connectivity index (χ4v) is 5.11. The van der Waals surface area contributed by atoms with Crippen LogP contribution in [0.25, 0.3) is 10.9 Å². The summed E-state index contributed by atoms with van der Waals surface area (Å²) in [5.74, 6) is 0.501. The minimum absolute atomic E-state index is 0.0508. The second-order valence-corrected chi connectivity index (χ2v) is 10.7. The first-order valence-electron chi connectivity index (χ1n) is 10.9. The molecule has 1 aromatic heterocycles. The van der Waals surface area contributed by atoms with Gasteiger partial charge in [-0.3, -0.25) is 4.79 Å². The van der Waals surface area contributed by atoms with Gasteiger partial charge in [0.15, 0.2) is 0 Å². The number of sulfonamides is 1. The molecule has 2 aromatic carbocycles. The lowest BCUT2D eigenvalue weighted by Crippen LogP contribution is -2.39. The van der Waals surface area contributed by atoms with Crippen LogP contribution in [0.15, 0.2) is 59.6 Å². The van der Waals surface area contributed by atoms with E-state index in [4.69, 9.17) is 0 Å². The number of carbonyl (C=O) groups excluding carboxylic acids is 1. The standard InChI is InChI=1S/C24H30N4O3S/c1-27(2)32(30,31)21-9-7-20(8-10-21)28-13-11-18(12-14-28)16-26-24(29)15-19-17-25-23-6-4-3-5-22(19)23/h3-10,17-18,25H,11-16H2,1-2H3,(H,26,29). The predicted molar refractivity (Wildman–Crippen MR) is 127 cm³/mol. The van der Waals surface area contributed by atoms with Crippen LogP contribution in [0.1, 0.15) is 18.4 Å². The monoisotopic (exact) mass is 454 g/mol. The minimum Gasteiger partial charge on any atom is -0.372 e. The van der Waals surface area contributed by atoms with Crippen molar-refractivity contribution < 1.29 is 13.2 Å². The molecule has 1 fully saturated rings. The number of nitrogens with one attached hydrogen (secondary N) is 2. The average molecular weight is 455 g/mol. The molecule has 2 heterocycles. The van der Waals surface area contributed by atoms with Gasteiger partial charge in [-0.25, -0.2) is 12.7 Å². The Balaban J connectivity index is 1.25. The molecule has 0 spiro atoms. The van der Waals surface area contributed by atoms with Crippen LogP contribution in [0.3, 0.4) is 0 Å². The molecule has 1 saturated heterocycles. The maximum absolute atomic E-state index is 12.5. The van der Waals surface area contributed by atoms with Gasteiger partial charge in [0.2, 0.25) is 15.9 Å². The molecule has 8 heteroatoms. The summed E-state index contributed by atoms with van der Waals surface area (Å²) in [7, 11) is -0.337. The van der Waals surface area contributed by atoms with Gasteiger partial charge < -0.3 is 15.2 Å². The average Bonchev–Trinajstić information content (AvgIpc) is 3.21. The van der Waals surface area contributed by atoms with Gasteiger partial charge in [-0.05, 0) is 54.7 Å².